The molecule has 0 radical (unpaired) electrons. The van der Waals surface area contributed by atoms with Crippen LogP contribution in [0.2, 0.25) is 0 Å². The molecular weight excluding hydrogens is 288 g/mol. The summed E-state index contributed by atoms with van der Waals surface area (Å²) >= 11 is 0. The first-order valence-electron chi connectivity index (χ1n) is 7.37. The van der Waals surface area contributed by atoms with Crippen LogP contribution in [0.4, 0.5) is 0 Å². The molecule has 1 aromatic carbocycles. The van der Waals surface area contributed by atoms with Crippen molar-refractivity contribution < 1.29 is 13.2 Å². The fourth-order valence-corrected chi connectivity index (χ4v) is 4.32. The Balaban J connectivity index is 1.80. The number of sulfonamides is 1. The molecule has 0 bridgehead atoms. The monoisotopic (exact) mass is 310 g/mol. The third-order valence-electron chi connectivity index (χ3n) is 4.70. The minimum atomic E-state index is -3.57. The van der Waals surface area contributed by atoms with Crippen LogP contribution in [0.25, 0.3) is 0 Å². The minimum absolute atomic E-state index is 0.180. The second-order valence-corrected chi connectivity index (χ2v) is 7.89. The van der Waals surface area contributed by atoms with Crippen molar-refractivity contribution in [3.63, 3.8) is 0 Å². The van der Waals surface area contributed by atoms with Crippen LogP contribution in [0.15, 0.2) is 23.1 Å². The summed E-state index contributed by atoms with van der Waals surface area (Å²) in [6.07, 6.45) is 4.77. The number of ether oxygens (including phenoxy) is 1. The van der Waals surface area contributed by atoms with Crippen LogP contribution in [0.5, 0.6) is 5.75 Å². The molecule has 0 saturated heterocycles. The maximum Gasteiger partial charge on any atom is 0.244 e. The van der Waals surface area contributed by atoms with Crippen molar-refractivity contribution in [3.05, 3.63) is 23.8 Å². The summed E-state index contributed by atoms with van der Waals surface area (Å²) in [7, 11) is -2.09. The normalized spacial score (nSPS) is 20.3. The van der Waals surface area contributed by atoms with E-state index < -0.39 is 10.0 Å². The van der Waals surface area contributed by atoms with Crippen molar-refractivity contribution in [2.45, 2.75) is 37.1 Å². The van der Waals surface area contributed by atoms with Gasteiger partial charge in [0.1, 0.15) is 10.6 Å². The Hall–Kier alpha value is -1.11. The molecule has 5 nitrogen and oxygen atoms in total. The van der Waals surface area contributed by atoms with E-state index in [4.69, 9.17) is 10.5 Å². The van der Waals surface area contributed by atoms with E-state index in [1.165, 1.54) is 20.0 Å². The molecule has 0 amide bonds. The van der Waals surface area contributed by atoms with Crippen molar-refractivity contribution in [3.8, 4) is 5.75 Å². The van der Waals surface area contributed by atoms with Crippen molar-refractivity contribution in [1.29, 1.82) is 0 Å². The number of hydrogen-bond donors (Lipinski definition) is 2. The molecule has 2 aliphatic carbocycles. The standard InChI is InChI=1S/C15H22N2O3S/c1-20-13-5-2-11(9-16)8-14(13)21(18,19)17-10-15(6-7-15)12-3-4-12/h2,5,8,12,17H,3-4,6-7,9-10,16H2,1H3. The maximum atomic E-state index is 12.6. The highest BCUT2D eigenvalue weighted by Crippen LogP contribution is 2.60. The van der Waals surface area contributed by atoms with E-state index in [9.17, 15) is 8.42 Å². The largest absolute Gasteiger partial charge is 0.495 e. The second kappa shape index (κ2) is 5.26. The Morgan fingerprint density at radius 3 is 2.62 bits per heavy atom. The van der Waals surface area contributed by atoms with Crippen molar-refractivity contribution >= 4 is 10.0 Å². The highest BCUT2D eigenvalue weighted by atomic mass is 32.2. The first-order chi connectivity index (χ1) is 10.0. The highest BCUT2D eigenvalue weighted by molar-refractivity contribution is 7.89. The third-order valence-corrected chi connectivity index (χ3v) is 6.13. The van der Waals surface area contributed by atoms with Crippen LogP contribution in [-0.4, -0.2) is 22.1 Å². The van der Waals surface area contributed by atoms with Gasteiger partial charge in [-0.15, -0.1) is 0 Å². The van der Waals surface area contributed by atoms with Crippen LogP contribution >= 0.6 is 0 Å². The predicted octanol–water partition coefficient (Wildman–Crippen LogP) is 1.62. The van der Waals surface area contributed by atoms with E-state index in [2.05, 4.69) is 4.72 Å². The maximum absolute atomic E-state index is 12.6. The summed E-state index contributed by atoms with van der Waals surface area (Å²) < 4.78 is 33.1. The first-order valence-corrected chi connectivity index (χ1v) is 8.86. The zero-order valence-electron chi connectivity index (χ0n) is 12.3. The van der Waals surface area contributed by atoms with Gasteiger partial charge in [-0.2, -0.15) is 0 Å². The number of hydrogen-bond acceptors (Lipinski definition) is 4. The van der Waals surface area contributed by atoms with Crippen LogP contribution in [-0.2, 0) is 16.6 Å². The molecule has 3 N–H and O–H groups in total. The van der Waals surface area contributed by atoms with E-state index >= 15 is 0 Å². The van der Waals surface area contributed by atoms with Gasteiger partial charge in [-0.3, -0.25) is 0 Å². The Kier molecular flexibility index (Phi) is 3.71. The first kappa shape index (κ1) is 14.8. The topological polar surface area (TPSA) is 81.4 Å². The lowest BCUT2D eigenvalue weighted by molar-refractivity contribution is 0.400. The fraction of sp³-hybridized carbons (Fsp3) is 0.600. The molecule has 0 heterocycles. The molecule has 0 atom stereocenters. The number of rotatable bonds is 7. The van der Waals surface area contributed by atoms with Crippen molar-refractivity contribution in [2.75, 3.05) is 13.7 Å². The summed E-state index contributed by atoms with van der Waals surface area (Å²) in [4.78, 5) is 0.180. The van der Waals surface area contributed by atoms with Gasteiger partial charge in [-0.1, -0.05) is 6.07 Å². The average Bonchev–Trinajstić information content (AvgIpc) is 3.37. The van der Waals surface area contributed by atoms with Crippen molar-refractivity contribution in [1.82, 2.24) is 4.72 Å². The van der Waals surface area contributed by atoms with Gasteiger partial charge in [-0.25, -0.2) is 13.1 Å². The molecule has 116 valence electrons. The summed E-state index contributed by atoms with van der Waals surface area (Å²) in [5.74, 6) is 1.08. The van der Waals surface area contributed by atoms with Gasteiger partial charge < -0.3 is 10.5 Å². The van der Waals surface area contributed by atoms with Crippen molar-refractivity contribution in [2.24, 2.45) is 17.1 Å². The predicted molar refractivity (Wildman–Crippen MR) is 80.5 cm³/mol. The third kappa shape index (κ3) is 2.93. The second-order valence-electron chi connectivity index (χ2n) is 6.15. The fourth-order valence-electron chi connectivity index (χ4n) is 2.96. The molecule has 0 unspecified atom stereocenters. The Bertz CT molecular complexity index is 634. The van der Waals surface area contributed by atoms with Gasteiger partial charge in [0.15, 0.2) is 0 Å². The Morgan fingerprint density at radius 1 is 1.38 bits per heavy atom. The molecular formula is C15H22N2O3S. The molecule has 1 aromatic rings. The van der Waals surface area contributed by atoms with Gasteiger partial charge in [0.2, 0.25) is 10.0 Å². The Labute approximate surface area is 125 Å². The zero-order valence-corrected chi connectivity index (χ0v) is 13.1. The SMILES string of the molecule is COc1ccc(CN)cc1S(=O)(=O)NCC1(C2CC2)CC1. The van der Waals surface area contributed by atoms with Gasteiger partial charge >= 0.3 is 0 Å². The number of benzene rings is 1. The molecule has 2 fully saturated rings. The van der Waals surface area contributed by atoms with Crippen LogP contribution in [0, 0.1) is 11.3 Å². The minimum Gasteiger partial charge on any atom is -0.495 e. The number of nitrogens with two attached hydrogens (primary N) is 1. The molecule has 21 heavy (non-hydrogen) atoms. The smallest absolute Gasteiger partial charge is 0.244 e. The van der Waals surface area contributed by atoms with E-state index in [1.54, 1.807) is 18.2 Å². The molecule has 3 rings (SSSR count). The van der Waals surface area contributed by atoms with E-state index in [0.717, 1.165) is 24.3 Å². The van der Waals surface area contributed by atoms with Gasteiger partial charge in [0, 0.05) is 13.1 Å². The zero-order chi connectivity index (χ0) is 15.1. The van der Waals surface area contributed by atoms with E-state index in [1.807, 2.05) is 0 Å². The van der Waals surface area contributed by atoms with E-state index in [0.29, 0.717) is 18.8 Å². The quantitative estimate of drug-likeness (QED) is 0.802. The van der Waals surface area contributed by atoms with Gasteiger partial charge in [-0.05, 0) is 54.7 Å². The molecule has 2 saturated carbocycles. The highest BCUT2D eigenvalue weighted by Gasteiger charge is 2.53. The number of nitrogens with one attached hydrogen (secondary N) is 1. The van der Waals surface area contributed by atoms with E-state index in [-0.39, 0.29) is 10.3 Å². The average molecular weight is 310 g/mol. The number of methoxy groups -OCH3 is 1. The molecule has 0 aliphatic heterocycles. The van der Waals surface area contributed by atoms with Crippen LogP contribution in [0.1, 0.15) is 31.2 Å². The molecule has 0 spiro atoms. The van der Waals surface area contributed by atoms with Crippen LogP contribution in [0.3, 0.4) is 0 Å². The van der Waals surface area contributed by atoms with Gasteiger partial charge in [0.05, 0.1) is 7.11 Å². The summed E-state index contributed by atoms with van der Waals surface area (Å²) in [5, 5.41) is 0. The van der Waals surface area contributed by atoms with Crippen LogP contribution < -0.4 is 15.2 Å². The van der Waals surface area contributed by atoms with Gasteiger partial charge in [0.25, 0.3) is 0 Å². The lowest BCUT2D eigenvalue weighted by atomic mass is 10.0. The molecule has 2 aliphatic rings. The lowest BCUT2D eigenvalue weighted by Gasteiger charge is -2.17. The summed E-state index contributed by atoms with van der Waals surface area (Å²) in [6, 6.07) is 5.03. The Morgan fingerprint density at radius 2 is 2.10 bits per heavy atom. The summed E-state index contributed by atoms with van der Waals surface area (Å²) in [6.45, 7) is 0.842. The lowest BCUT2D eigenvalue weighted by Crippen LogP contribution is -2.31. The molecule has 0 aromatic heterocycles. The molecule has 6 heteroatoms. The summed E-state index contributed by atoms with van der Waals surface area (Å²) in [5.41, 5.74) is 6.60.